The van der Waals surface area contributed by atoms with Crippen LogP contribution in [0.4, 0.5) is 11.4 Å². The van der Waals surface area contributed by atoms with Gasteiger partial charge in [-0.25, -0.2) is 4.99 Å². The maximum absolute atomic E-state index is 13.1. The highest BCUT2D eigenvalue weighted by molar-refractivity contribution is 6.15. The molecule has 2 aliphatic heterocycles. The normalized spacial score (nSPS) is 22.3. The number of nitrogens with one attached hydrogen (secondary N) is 1. The number of primary amides is 1. The van der Waals surface area contributed by atoms with Gasteiger partial charge in [-0.3, -0.25) is 9.59 Å². The Balaban J connectivity index is 1.61. The minimum atomic E-state index is -0.946. The fraction of sp³-hybridized carbons (Fsp3) is 0.227. The molecule has 2 amide bonds. The number of hydrogen-bond acceptors (Lipinski definition) is 5. The number of amides is 2. The molecular formula is C22H21N3O4. The number of anilines is 1. The van der Waals surface area contributed by atoms with Gasteiger partial charge in [0.05, 0.1) is 16.9 Å². The molecule has 3 N–H and O–H groups in total. The van der Waals surface area contributed by atoms with Gasteiger partial charge in [-0.05, 0) is 30.7 Å². The second kappa shape index (κ2) is 7.43. The molecular weight excluding hydrogens is 370 g/mol. The zero-order valence-electron chi connectivity index (χ0n) is 15.8. The van der Waals surface area contributed by atoms with Crippen molar-refractivity contribution in [3.63, 3.8) is 0 Å². The Bertz CT molecular complexity index is 1020. The third-order valence-corrected chi connectivity index (χ3v) is 5.14. The number of fused-ring (bicyclic) bond motifs is 2. The van der Waals surface area contributed by atoms with Crippen molar-refractivity contribution < 1.29 is 19.1 Å². The van der Waals surface area contributed by atoms with E-state index in [4.69, 9.17) is 15.2 Å². The van der Waals surface area contributed by atoms with Gasteiger partial charge in [-0.15, -0.1) is 6.58 Å². The SMILES string of the molecule is C=CC[C@]12C[C@H](COc3ccccc3C(N)=O)OC1=Nc1ccccc1NC2=O. The molecule has 1 saturated heterocycles. The number of allylic oxidation sites excluding steroid dienone is 1. The van der Waals surface area contributed by atoms with E-state index in [1.165, 1.54) is 0 Å². The number of nitrogens with zero attached hydrogens (tertiary/aromatic N) is 1. The Hall–Kier alpha value is -3.61. The maximum Gasteiger partial charge on any atom is 0.252 e. The molecule has 2 aromatic carbocycles. The summed E-state index contributed by atoms with van der Waals surface area (Å²) < 4.78 is 11.9. The van der Waals surface area contributed by atoms with Gasteiger partial charge in [0, 0.05) is 6.42 Å². The van der Waals surface area contributed by atoms with Crippen LogP contribution in [0.25, 0.3) is 0 Å². The van der Waals surface area contributed by atoms with Crippen molar-refractivity contribution >= 4 is 29.1 Å². The van der Waals surface area contributed by atoms with Gasteiger partial charge in [0.15, 0.2) is 0 Å². The highest BCUT2D eigenvalue weighted by atomic mass is 16.5. The standard InChI is InChI=1S/C22H21N3O4/c1-2-11-22-12-14(13-28-18-10-6-3-7-15(18)19(23)26)29-21(22)25-17-9-5-4-8-16(17)24-20(22)27/h2-10,14H,1,11-13H2,(H2,23,26)(H,24,27)/t14-,22-/m1/s1. The zero-order chi connectivity index (χ0) is 20.4. The molecule has 1 fully saturated rings. The number of hydrogen-bond donors (Lipinski definition) is 2. The van der Waals surface area contributed by atoms with E-state index in [9.17, 15) is 9.59 Å². The van der Waals surface area contributed by atoms with Crippen LogP contribution in [-0.2, 0) is 9.53 Å². The zero-order valence-corrected chi connectivity index (χ0v) is 15.8. The van der Waals surface area contributed by atoms with Crippen molar-refractivity contribution in [1.82, 2.24) is 0 Å². The maximum atomic E-state index is 13.1. The number of ether oxygens (including phenoxy) is 2. The van der Waals surface area contributed by atoms with Gasteiger partial charge in [-0.2, -0.15) is 0 Å². The smallest absolute Gasteiger partial charge is 0.252 e. The van der Waals surface area contributed by atoms with Crippen LogP contribution in [0.5, 0.6) is 5.75 Å². The Morgan fingerprint density at radius 1 is 1.31 bits per heavy atom. The molecule has 0 aromatic heterocycles. The summed E-state index contributed by atoms with van der Waals surface area (Å²) >= 11 is 0. The second-order valence-electron chi connectivity index (χ2n) is 7.08. The van der Waals surface area contributed by atoms with Crippen LogP contribution >= 0.6 is 0 Å². The van der Waals surface area contributed by atoms with E-state index in [0.29, 0.717) is 41.4 Å². The molecule has 0 radical (unpaired) electrons. The fourth-order valence-corrected chi connectivity index (χ4v) is 3.72. The molecule has 7 heteroatoms. The summed E-state index contributed by atoms with van der Waals surface area (Å²) in [5.41, 5.74) is 6.04. The average Bonchev–Trinajstić information content (AvgIpc) is 3.01. The number of para-hydroxylation sites is 3. The van der Waals surface area contributed by atoms with Crippen LogP contribution < -0.4 is 15.8 Å². The Morgan fingerprint density at radius 2 is 2.07 bits per heavy atom. The largest absolute Gasteiger partial charge is 0.489 e. The molecule has 2 heterocycles. The van der Waals surface area contributed by atoms with E-state index >= 15 is 0 Å². The lowest BCUT2D eigenvalue weighted by molar-refractivity contribution is -0.122. The molecule has 7 nitrogen and oxygen atoms in total. The third kappa shape index (κ3) is 3.35. The lowest BCUT2D eigenvalue weighted by Gasteiger charge is -2.22. The first-order valence-electron chi connectivity index (χ1n) is 9.32. The van der Waals surface area contributed by atoms with Crippen molar-refractivity contribution in [1.29, 1.82) is 0 Å². The average molecular weight is 391 g/mol. The van der Waals surface area contributed by atoms with Crippen LogP contribution in [0.2, 0.25) is 0 Å². The number of carbonyl (C=O) groups excluding carboxylic acids is 2. The van der Waals surface area contributed by atoms with E-state index in [1.807, 2.05) is 18.2 Å². The quantitative estimate of drug-likeness (QED) is 0.738. The number of aliphatic imine (C=N–C) groups is 1. The summed E-state index contributed by atoms with van der Waals surface area (Å²) in [6.45, 7) is 3.95. The Morgan fingerprint density at radius 3 is 2.86 bits per heavy atom. The van der Waals surface area contributed by atoms with Gasteiger partial charge in [-0.1, -0.05) is 30.3 Å². The fourth-order valence-electron chi connectivity index (χ4n) is 3.72. The summed E-state index contributed by atoms with van der Waals surface area (Å²) in [5, 5.41) is 2.95. The lowest BCUT2D eigenvalue weighted by Crippen LogP contribution is -2.39. The predicted octanol–water partition coefficient (Wildman–Crippen LogP) is 3.20. The molecule has 148 valence electrons. The van der Waals surface area contributed by atoms with Crippen molar-refractivity contribution in [2.75, 3.05) is 11.9 Å². The predicted molar refractivity (Wildman–Crippen MR) is 109 cm³/mol. The summed E-state index contributed by atoms with van der Waals surface area (Å²) in [6.07, 6.45) is 2.06. The van der Waals surface area contributed by atoms with E-state index in [2.05, 4.69) is 16.9 Å². The first-order chi connectivity index (χ1) is 14.0. The second-order valence-corrected chi connectivity index (χ2v) is 7.08. The molecule has 0 spiro atoms. The summed E-state index contributed by atoms with van der Waals surface area (Å²) in [7, 11) is 0. The Kier molecular flexibility index (Phi) is 4.80. The summed E-state index contributed by atoms with van der Waals surface area (Å²) in [6, 6.07) is 14.1. The first-order valence-corrected chi connectivity index (χ1v) is 9.32. The van der Waals surface area contributed by atoms with E-state index in [0.717, 1.165) is 0 Å². The van der Waals surface area contributed by atoms with E-state index in [1.54, 1.807) is 36.4 Å². The molecule has 2 atom stereocenters. The minimum Gasteiger partial charge on any atom is -0.489 e. The van der Waals surface area contributed by atoms with Gasteiger partial charge in [0.25, 0.3) is 5.91 Å². The van der Waals surface area contributed by atoms with E-state index < -0.39 is 17.4 Å². The molecule has 2 aromatic rings. The van der Waals surface area contributed by atoms with Crippen molar-refractivity contribution in [3.05, 3.63) is 66.7 Å². The molecule has 0 aliphatic carbocycles. The van der Waals surface area contributed by atoms with Gasteiger partial charge >= 0.3 is 0 Å². The van der Waals surface area contributed by atoms with Crippen LogP contribution in [-0.4, -0.2) is 30.4 Å². The highest BCUT2D eigenvalue weighted by Crippen LogP contribution is 2.44. The van der Waals surface area contributed by atoms with Crippen LogP contribution in [0.1, 0.15) is 23.2 Å². The topological polar surface area (TPSA) is 103 Å². The third-order valence-electron chi connectivity index (χ3n) is 5.14. The number of nitrogens with two attached hydrogens (primary N) is 1. The Labute approximate surface area is 168 Å². The highest BCUT2D eigenvalue weighted by Gasteiger charge is 2.53. The van der Waals surface area contributed by atoms with Gasteiger partial charge < -0.3 is 20.5 Å². The first kappa shape index (κ1) is 18.7. The van der Waals surface area contributed by atoms with Crippen molar-refractivity contribution in [2.45, 2.75) is 18.9 Å². The van der Waals surface area contributed by atoms with Crippen LogP contribution in [0.3, 0.4) is 0 Å². The van der Waals surface area contributed by atoms with Crippen LogP contribution in [0.15, 0.2) is 66.2 Å². The van der Waals surface area contributed by atoms with E-state index in [-0.39, 0.29) is 12.5 Å². The molecule has 4 rings (SSSR count). The number of carbonyl (C=O) groups is 2. The molecule has 29 heavy (non-hydrogen) atoms. The molecule has 0 unspecified atom stereocenters. The molecule has 2 aliphatic rings. The van der Waals surface area contributed by atoms with Crippen LogP contribution in [0, 0.1) is 5.41 Å². The molecule has 0 bridgehead atoms. The summed E-state index contributed by atoms with van der Waals surface area (Å²) in [4.78, 5) is 29.3. The van der Waals surface area contributed by atoms with Gasteiger partial charge in [0.2, 0.25) is 11.8 Å². The number of benzene rings is 2. The van der Waals surface area contributed by atoms with Crippen molar-refractivity contribution in [2.24, 2.45) is 16.1 Å². The number of rotatable bonds is 6. The summed E-state index contributed by atoms with van der Waals surface area (Å²) in [5.74, 6) is -0.00967. The van der Waals surface area contributed by atoms with Crippen molar-refractivity contribution in [3.8, 4) is 5.75 Å². The lowest BCUT2D eigenvalue weighted by atomic mass is 9.80. The van der Waals surface area contributed by atoms with Gasteiger partial charge in [0.1, 0.15) is 23.9 Å². The monoisotopic (exact) mass is 391 g/mol. The minimum absolute atomic E-state index is 0.150. The molecule has 0 saturated carbocycles.